The molecule has 1 aromatic rings. The zero-order chi connectivity index (χ0) is 11.1. The molecule has 15 heavy (non-hydrogen) atoms. The van der Waals surface area contributed by atoms with Crippen LogP contribution in [0.15, 0.2) is 23.1 Å². The number of fused-ring (bicyclic) bond motifs is 1. The van der Waals surface area contributed by atoms with E-state index in [1.807, 2.05) is 11.8 Å². The van der Waals surface area contributed by atoms with Crippen molar-refractivity contribution in [3.05, 3.63) is 29.3 Å². The summed E-state index contributed by atoms with van der Waals surface area (Å²) in [7, 11) is 0. The summed E-state index contributed by atoms with van der Waals surface area (Å²) < 4.78 is 0. The number of thioether (sulfide) groups is 1. The normalized spacial score (nSPS) is 21.2. The van der Waals surface area contributed by atoms with E-state index >= 15 is 0 Å². The van der Waals surface area contributed by atoms with E-state index in [1.165, 1.54) is 16.0 Å². The maximum atomic E-state index is 6.15. The monoisotopic (exact) mass is 221 g/mol. The molecule has 1 atom stereocenters. The van der Waals surface area contributed by atoms with Gasteiger partial charge in [0.05, 0.1) is 0 Å². The number of hydrogen-bond donors (Lipinski definition) is 1. The molecule has 0 aliphatic carbocycles. The highest BCUT2D eigenvalue weighted by atomic mass is 32.2. The van der Waals surface area contributed by atoms with E-state index in [4.69, 9.17) is 5.73 Å². The highest BCUT2D eigenvalue weighted by Gasteiger charge is 2.21. The Kier molecular flexibility index (Phi) is 2.82. The Morgan fingerprint density at radius 3 is 2.73 bits per heavy atom. The van der Waals surface area contributed by atoms with Gasteiger partial charge in [-0.2, -0.15) is 0 Å². The Bertz CT molecular complexity index is 365. The Balaban J connectivity index is 2.44. The van der Waals surface area contributed by atoms with Gasteiger partial charge in [-0.05, 0) is 34.8 Å². The van der Waals surface area contributed by atoms with Crippen LogP contribution >= 0.6 is 11.8 Å². The molecule has 2 heteroatoms. The van der Waals surface area contributed by atoms with Gasteiger partial charge in [-0.15, -0.1) is 11.8 Å². The predicted molar refractivity (Wildman–Crippen MR) is 67.4 cm³/mol. The van der Waals surface area contributed by atoms with Crippen molar-refractivity contribution in [2.24, 2.45) is 5.73 Å². The minimum absolute atomic E-state index is 0.219. The first kappa shape index (κ1) is 11.0. The minimum Gasteiger partial charge on any atom is -0.324 e. The summed E-state index contributed by atoms with van der Waals surface area (Å²) in [5.41, 5.74) is 9.10. The smallest absolute Gasteiger partial charge is 0.0314 e. The number of benzene rings is 1. The van der Waals surface area contributed by atoms with Crippen LogP contribution in [0.2, 0.25) is 0 Å². The topological polar surface area (TPSA) is 26.0 Å². The summed E-state index contributed by atoms with van der Waals surface area (Å²) in [6.07, 6.45) is 1.10. The van der Waals surface area contributed by atoms with E-state index in [9.17, 15) is 0 Å². The molecular weight excluding hydrogens is 202 g/mol. The first-order chi connectivity index (χ1) is 6.98. The average molecular weight is 221 g/mol. The Hall–Kier alpha value is -0.470. The summed E-state index contributed by atoms with van der Waals surface area (Å²) in [5, 5.41) is 0. The molecule has 0 fully saturated rings. The lowest BCUT2D eigenvalue weighted by Gasteiger charge is -2.26. The van der Waals surface area contributed by atoms with Crippen LogP contribution in [0, 0.1) is 0 Å². The second-order valence-corrected chi connectivity index (χ2v) is 6.38. The van der Waals surface area contributed by atoms with E-state index in [0.29, 0.717) is 0 Å². The number of hydrogen-bond acceptors (Lipinski definition) is 2. The van der Waals surface area contributed by atoms with Crippen molar-refractivity contribution in [3.63, 3.8) is 0 Å². The highest BCUT2D eigenvalue weighted by molar-refractivity contribution is 7.99. The van der Waals surface area contributed by atoms with Gasteiger partial charge in [-0.1, -0.05) is 32.9 Å². The van der Waals surface area contributed by atoms with Crippen molar-refractivity contribution in [2.75, 3.05) is 5.75 Å². The SMILES string of the molecule is CC(C)(C)c1ccc2c(c1)C(N)CCS2. The first-order valence-electron chi connectivity index (χ1n) is 5.51. The van der Waals surface area contributed by atoms with Crippen LogP contribution < -0.4 is 5.73 Å². The minimum atomic E-state index is 0.219. The number of rotatable bonds is 0. The molecule has 1 aliphatic rings. The van der Waals surface area contributed by atoms with E-state index in [2.05, 4.69) is 39.0 Å². The third-order valence-corrected chi connectivity index (χ3v) is 4.08. The highest BCUT2D eigenvalue weighted by Crippen LogP contribution is 2.37. The zero-order valence-electron chi connectivity index (χ0n) is 9.71. The van der Waals surface area contributed by atoms with Crippen molar-refractivity contribution in [3.8, 4) is 0 Å². The largest absolute Gasteiger partial charge is 0.324 e. The van der Waals surface area contributed by atoms with Gasteiger partial charge < -0.3 is 5.73 Å². The van der Waals surface area contributed by atoms with Crippen LogP contribution in [0.5, 0.6) is 0 Å². The lowest BCUT2D eigenvalue weighted by molar-refractivity contribution is 0.584. The van der Waals surface area contributed by atoms with Crippen LogP contribution in [0.1, 0.15) is 44.4 Å². The van der Waals surface area contributed by atoms with Gasteiger partial charge in [0, 0.05) is 10.9 Å². The molecule has 1 heterocycles. The summed E-state index contributed by atoms with van der Waals surface area (Å²) in [6.45, 7) is 6.74. The van der Waals surface area contributed by atoms with E-state index in [0.717, 1.165) is 12.2 Å². The van der Waals surface area contributed by atoms with Crippen LogP contribution in [0.4, 0.5) is 0 Å². The van der Waals surface area contributed by atoms with Crippen LogP contribution in [0.3, 0.4) is 0 Å². The van der Waals surface area contributed by atoms with Crippen molar-refractivity contribution in [1.82, 2.24) is 0 Å². The van der Waals surface area contributed by atoms with Crippen molar-refractivity contribution in [2.45, 2.75) is 43.5 Å². The molecule has 82 valence electrons. The third kappa shape index (κ3) is 2.21. The molecule has 1 unspecified atom stereocenters. The van der Waals surface area contributed by atoms with Gasteiger partial charge in [0.2, 0.25) is 0 Å². The lowest BCUT2D eigenvalue weighted by atomic mass is 9.85. The maximum Gasteiger partial charge on any atom is 0.0314 e. The number of nitrogens with two attached hydrogens (primary N) is 1. The summed E-state index contributed by atoms with van der Waals surface area (Å²) >= 11 is 1.93. The fraction of sp³-hybridized carbons (Fsp3) is 0.538. The van der Waals surface area contributed by atoms with Gasteiger partial charge in [0.15, 0.2) is 0 Å². The molecule has 0 saturated carbocycles. The van der Waals surface area contributed by atoms with E-state index in [-0.39, 0.29) is 11.5 Å². The van der Waals surface area contributed by atoms with Gasteiger partial charge in [-0.3, -0.25) is 0 Å². The van der Waals surface area contributed by atoms with Crippen LogP contribution in [0.25, 0.3) is 0 Å². The molecule has 1 aromatic carbocycles. The molecule has 0 aromatic heterocycles. The quantitative estimate of drug-likeness (QED) is 0.726. The fourth-order valence-corrected chi connectivity index (χ4v) is 3.02. The summed E-state index contributed by atoms with van der Waals surface area (Å²) in [4.78, 5) is 1.38. The third-order valence-electron chi connectivity index (χ3n) is 2.96. The van der Waals surface area contributed by atoms with Gasteiger partial charge in [0.1, 0.15) is 0 Å². The average Bonchev–Trinajstić information content (AvgIpc) is 2.16. The molecule has 0 spiro atoms. The lowest BCUT2D eigenvalue weighted by Crippen LogP contribution is -2.18. The molecule has 1 nitrogen and oxygen atoms in total. The molecule has 0 amide bonds. The summed E-state index contributed by atoms with van der Waals surface area (Å²) in [5.74, 6) is 1.16. The van der Waals surface area contributed by atoms with E-state index in [1.54, 1.807) is 0 Å². The molecule has 0 radical (unpaired) electrons. The molecule has 2 N–H and O–H groups in total. The molecule has 0 saturated heterocycles. The van der Waals surface area contributed by atoms with Crippen molar-refractivity contribution < 1.29 is 0 Å². The second-order valence-electron chi connectivity index (χ2n) is 5.25. The Morgan fingerprint density at radius 1 is 1.33 bits per heavy atom. The van der Waals surface area contributed by atoms with Gasteiger partial charge >= 0.3 is 0 Å². The maximum absolute atomic E-state index is 6.15. The molecule has 2 rings (SSSR count). The zero-order valence-corrected chi connectivity index (χ0v) is 10.5. The van der Waals surface area contributed by atoms with Gasteiger partial charge in [0.25, 0.3) is 0 Å². The predicted octanol–water partition coefficient (Wildman–Crippen LogP) is 3.48. The van der Waals surface area contributed by atoms with Crippen molar-refractivity contribution >= 4 is 11.8 Å². The Morgan fingerprint density at radius 2 is 2.07 bits per heavy atom. The second kappa shape index (κ2) is 3.84. The fourth-order valence-electron chi connectivity index (χ4n) is 1.89. The van der Waals surface area contributed by atoms with Crippen molar-refractivity contribution in [1.29, 1.82) is 0 Å². The molecule has 1 aliphatic heterocycles. The standard InChI is InChI=1S/C13H19NS/c1-13(2,3)9-4-5-12-10(8-9)11(14)6-7-15-12/h4-5,8,11H,6-7,14H2,1-3H3. The summed E-state index contributed by atoms with van der Waals surface area (Å²) in [6, 6.07) is 7.01. The first-order valence-corrected chi connectivity index (χ1v) is 6.50. The van der Waals surface area contributed by atoms with Gasteiger partial charge in [-0.25, -0.2) is 0 Å². The van der Waals surface area contributed by atoms with Crippen LogP contribution in [-0.2, 0) is 5.41 Å². The van der Waals surface area contributed by atoms with Crippen LogP contribution in [-0.4, -0.2) is 5.75 Å². The molecular formula is C13H19NS. The molecule has 0 bridgehead atoms. The Labute approximate surface area is 96.4 Å². The van der Waals surface area contributed by atoms with E-state index < -0.39 is 0 Å².